The fraction of sp³-hybridized carbons (Fsp3) is 1.00. The Morgan fingerprint density at radius 2 is 1.84 bits per heavy atom. The van der Waals surface area contributed by atoms with E-state index in [-0.39, 0.29) is 5.75 Å². The largest absolute Gasteiger partial charge is 0.317 e. The van der Waals surface area contributed by atoms with Crippen molar-refractivity contribution in [2.45, 2.75) is 70.8 Å². The lowest BCUT2D eigenvalue weighted by Crippen LogP contribution is -2.27. The highest BCUT2D eigenvalue weighted by molar-refractivity contribution is 7.91. The summed E-state index contributed by atoms with van der Waals surface area (Å²) < 4.78 is 22.9. The van der Waals surface area contributed by atoms with Crippen molar-refractivity contribution in [2.75, 3.05) is 18.6 Å². The molecule has 114 valence electrons. The molecule has 19 heavy (non-hydrogen) atoms. The molecule has 0 spiro atoms. The molecule has 0 aromatic rings. The van der Waals surface area contributed by atoms with Gasteiger partial charge in [-0.2, -0.15) is 0 Å². The van der Waals surface area contributed by atoms with Crippen LogP contribution in [0.15, 0.2) is 0 Å². The normalized spacial score (nSPS) is 19.5. The molecular formula is C15H31NO2S. The predicted octanol–water partition coefficient (Wildman–Crippen LogP) is 3.15. The van der Waals surface area contributed by atoms with E-state index >= 15 is 0 Å². The maximum absolute atomic E-state index is 11.5. The van der Waals surface area contributed by atoms with Crippen LogP contribution >= 0.6 is 0 Å². The minimum atomic E-state index is -2.79. The third-order valence-electron chi connectivity index (χ3n) is 4.50. The van der Waals surface area contributed by atoms with E-state index in [1.165, 1.54) is 44.9 Å². The van der Waals surface area contributed by atoms with E-state index in [0.717, 1.165) is 18.8 Å². The first-order valence-corrected chi connectivity index (χ1v) is 9.77. The Kier molecular flexibility index (Phi) is 8.00. The topological polar surface area (TPSA) is 46.2 Å². The van der Waals surface area contributed by atoms with Gasteiger partial charge in [0, 0.05) is 11.8 Å². The van der Waals surface area contributed by atoms with Gasteiger partial charge in [-0.15, -0.1) is 0 Å². The van der Waals surface area contributed by atoms with Gasteiger partial charge in [0.25, 0.3) is 0 Å². The van der Waals surface area contributed by atoms with E-state index in [2.05, 4.69) is 5.32 Å². The van der Waals surface area contributed by atoms with E-state index in [0.29, 0.717) is 11.8 Å². The van der Waals surface area contributed by atoms with Crippen molar-refractivity contribution in [1.82, 2.24) is 5.32 Å². The lowest BCUT2D eigenvalue weighted by Gasteiger charge is -2.24. The first kappa shape index (κ1) is 17.0. The second-order valence-corrected chi connectivity index (χ2v) is 8.42. The summed E-state index contributed by atoms with van der Waals surface area (Å²) >= 11 is 0. The van der Waals surface area contributed by atoms with Crippen molar-refractivity contribution >= 4 is 9.84 Å². The molecule has 1 atom stereocenters. The maximum atomic E-state index is 11.5. The molecule has 0 bridgehead atoms. The standard InChI is InChI=1S/C15H31NO2S/c1-3-19(17,18)13-7-10-15(16-2)12-11-14-8-5-4-6-9-14/h14-16H,3-13H2,1-2H3. The summed E-state index contributed by atoms with van der Waals surface area (Å²) in [7, 11) is -0.787. The summed E-state index contributed by atoms with van der Waals surface area (Å²) in [6.07, 6.45) is 11.3. The average molecular weight is 289 g/mol. The van der Waals surface area contributed by atoms with Crippen molar-refractivity contribution in [2.24, 2.45) is 5.92 Å². The van der Waals surface area contributed by atoms with E-state index in [9.17, 15) is 8.42 Å². The van der Waals surface area contributed by atoms with Crippen LogP contribution in [-0.4, -0.2) is 33.0 Å². The van der Waals surface area contributed by atoms with Crippen molar-refractivity contribution in [3.05, 3.63) is 0 Å². The molecule has 1 aliphatic carbocycles. The zero-order chi connectivity index (χ0) is 14.1. The maximum Gasteiger partial charge on any atom is 0.150 e. The van der Waals surface area contributed by atoms with Crippen LogP contribution in [0.5, 0.6) is 0 Å². The smallest absolute Gasteiger partial charge is 0.150 e. The van der Waals surface area contributed by atoms with Crippen molar-refractivity contribution in [3.8, 4) is 0 Å². The lowest BCUT2D eigenvalue weighted by atomic mass is 9.85. The Bertz CT molecular complexity index is 321. The molecule has 0 saturated heterocycles. The fourth-order valence-electron chi connectivity index (χ4n) is 3.04. The molecule has 1 saturated carbocycles. The van der Waals surface area contributed by atoms with Crippen molar-refractivity contribution in [1.29, 1.82) is 0 Å². The Morgan fingerprint density at radius 1 is 1.16 bits per heavy atom. The summed E-state index contributed by atoms with van der Waals surface area (Å²) in [4.78, 5) is 0. The van der Waals surface area contributed by atoms with Gasteiger partial charge in [0.15, 0.2) is 0 Å². The minimum absolute atomic E-state index is 0.277. The number of hydrogen-bond donors (Lipinski definition) is 1. The van der Waals surface area contributed by atoms with Gasteiger partial charge < -0.3 is 5.32 Å². The molecule has 0 aliphatic heterocycles. The predicted molar refractivity (Wildman–Crippen MR) is 82.2 cm³/mol. The van der Waals surface area contributed by atoms with Gasteiger partial charge in [0.1, 0.15) is 9.84 Å². The molecule has 1 fully saturated rings. The van der Waals surface area contributed by atoms with Crippen molar-refractivity contribution in [3.63, 3.8) is 0 Å². The Morgan fingerprint density at radius 3 is 2.42 bits per heavy atom. The summed E-state index contributed by atoms with van der Waals surface area (Å²) in [5, 5.41) is 3.35. The molecular weight excluding hydrogens is 258 g/mol. The monoisotopic (exact) mass is 289 g/mol. The van der Waals surface area contributed by atoms with Crippen LogP contribution in [0.25, 0.3) is 0 Å². The molecule has 1 aliphatic rings. The Labute approximate surface area is 119 Å². The number of sulfone groups is 1. The Balaban J connectivity index is 2.18. The van der Waals surface area contributed by atoms with Crippen LogP contribution in [0.4, 0.5) is 0 Å². The highest BCUT2D eigenvalue weighted by Crippen LogP contribution is 2.28. The molecule has 3 nitrogen and oxygen atoms in total. The first-order chi connectivity index (χ1) is 9.07. The molecule has 1 unspecified atom stereocenters. The van der Waals surface area contributed by atoms with Crippen molar-refractivity contribution < 1.29 is 8.42 Å². The number of nitrogens with one attached hydrogen (secondary N) is 1. The Hall–Kier alpha value is -0.0900. The molecule has 4 heteroatoms. The molecule has 0 amide bonds. The van der Waals surface area contributed by atoms with Gasteiger partial charge in [-0.3, -0.25) is 0 Å². The SMILES string of the molecule is CCS(=O)(=O)CCCC(CCC1CCCCC1)NC. The zero-order valence-corrected chi connectivity index (χ0v) is 13.5. The van der Waals surface area contributed by atoms with E-state index < -0.39 is 9.84 Å². The second kappa shape index (κ2) is 8.96. The van der Waals surface area contributed by atoms with Gasteiger partial charge >= 0.3 is 0 Å². The highest BCUT2D eigenvalue weighted by Gasteiger charge is 2.16. The third-order valence-corrected chi connectivity index (χ3v) is 6.29. The van der Waals surface area contributed by atoms with Gasteiger partial charge in [-0.1, -0.05) is 39.0 Å². The van der Waals surface area contributed by atoms with Gasteiger partial charge in [0.2, 0.25) is 0 Å². The van der Waals surface area contributed by atoms with Gasteiger partial charge in [-0.25, -0.2) is 8.42 Å². The third kappa shape index (κ3) is 7.31. The molecule has 1 N–H and O–H groups in total. The number of hydrogen-bond acceptors (Lipinski definition) is 3. The quantitative estimate of drug-likeness (QED) is 0.709. The summed E-state index contributed by atoms with van der Waals surface area (Å²) in [5.74, 6) is 1.55. The number of rotatable bonds is 9. The highest BCUT2D eigenvalue weighted by atomic mass is 32.2. The molecule has 0 heterocycles. The summed E-state index contributed by atoms with van der Waals surface area (Å²) in [6.45, 7) is 1.73. The van der Waals surface area contributed by atoms with Crippen LogP contribution in [0, 0.1) is 5.92 Å². The van der Waals surface area contributed by atoms with Crippen LogP contribution in [0.2, 0.25) is 0 Å². The van der Waals surface area contributed by atoms with E-state index in [1.807, 2.05) is 7.05 Å². The molecule has 1 rings (SSSR count). The van der Waals surface area contributed by atoms with Gasteiger partial charge in [0.05, 0.1) is 5.75 Å². The zero-order valence-electron chi connectivity index (χ0n) is 12.7. The molecule has 0 aromatic carbocycles. The molecule has 0 radical (unpaired) electrons. The van der Waals surface area contributed by atoms with Crippen LogP contribution in [0.3, 0.4) is 0 Å². The second-order valence-electron chi connectivity index (χ2n) is 5.95. The van der Waals surface area contributed by atoms with Crippen LogP contribution < -0.4 is 5.32 Å². The van der Waals surface area contributed by atoms with Gasteiger partial charge in [-0.05, 0) is 38.6 Å². The average Bonchev–Trinajstić information content (AvgIpc) is 2.43. The lowest BCUT2D eigenvalue weighted by molar-refractivity contribution is 0.312. The summed E-state index contributed by atoms with van der Waals surface area (Å²) in [6, 6.07) is 0.494. The fourth-order valence-corrected chi connectivity index (χ4v) is 3.93. The van der Waals surface area contributed by atoms with Crippen LogP contribution in [-0.2, 0) is 9.84 Å². The van der Waals surface area contributed by atoms with E-state index in [1.54, 1.807) is 6.92 Å². The minimum Gasteiger partial charge on any atom is -0.317 e. The summed E-state index contributed by atoms with van der Waals surface area (Å²) in [5.41, 5.74) is 0. The van der Waals surface area contributed by atoms with E-state index in [4.69, 9.17) is 0 Å². The first-order valence-electron chi connectivity index (χ1n) is 7.95. The molecule has 0 aromatic heterocycles. The van der Waals surface area contributed by atoms with Crippen LogP contribution in [0.1, 0.15) is 64.7 Å².